The Kier molecular flexibility index (Phi) is 5.50. The molecule has 1 aliphatic heterocycles. The van der Waals surface area contributed by atoms with Crippen LogP contribution in [0.4, 0.5) is 11.4 Å². The minimum absolute atomic E-state index is 0.0900. The van der Waals surface area contributed by atoms with E-state index in [1.165, 1.54) is 5.69 Å². The standard InChI is InChI=1S/C18H20BrN3O2/c1-24-20-14-6-8-15(9-7-14)21-10-12-22(13-11-21)18(23)16-4-2-3-5-17(16)19/h2-9,20H,10-13H2,1H3/p+1. The van der Waals surface area contributed by atoms with E-state index in [1.54, 1.807) is 12.6 Å². The Hall–Kier alpha value is -1.89. The van der Waals surface area contributed by atoms with Crippen LogP contribution in [0.15, 0.2) is 53.0 Å². The molecule has 1 amide bonds. The molecule has 0 saturated carbocycles. The highest BCUT2D eigenvalue weighted by Gasteiger charge is 2.23. The first-order valence-electron chi connectivity index (χ1n) is 7.94. The summed E-state index contributed by atoms with van der Waals surface area (Å²) in [7, 11) is 1.65. The van der Waals surface area contributed by atoms with Gasteiger partial charge < -0.3 is 9.80 Å². The Bertz CT molecular complexity index is 698. The quantitative estimate of drug-likeness (QED) is 0.642. The van der Waals surface area contributed by atoms with Crippen LogP contribution >= 0.6 is 15.9 Å². The molecule has 5 nitrogen and oxygen atoms in total. The number of quaternary nitrogens is 1. The van der Waals surface area contributed by atoms with Crippen LogP contribution in [0.3, 0.4) is 0 Å². The summed E-state index contributed by atoms with van der Waals surface area (Å²) in [5.74, 6) is 0.0900. The molecular formula is C18H21BrN3O2+. The molecule has 126 valence electrons. The number of nitrogens with two attached hydrogens (primary N) is 1. The third kappa shape index (κ3) is 3.77. The van der Waals surface area contributed by atoms with Gasteiger partial charge in [0.25, 0.3) is 5.91 Å². The highest BCUT2D eigenvalue weighted by molar-refractivity contribution is 9.10. The van der Waals surface area contributed by atoms with Gasteiger partial charge in [0.2, 0.25) is 0 Å². The second-order valence-electron chi connectivity index (χ2n) is 5.70. The zero-order valence-electron chi connectivity index (χ0n) is 13.6. The molecule has 2 aromatic carbocycles. The minimum atomic E-state index is 0.0900. The molecule has 1 aliphatic rings. The lowest BCUT2D eigenvalue weighted by atomic mass is 10.1. The number of rotatable bonds is 4. The first-order chi connectivity index (χ1) is 11.7. The Balaban J connectivity index is 1.61. The van der Waals surface area contributed by atoms with Crippen LogP contribution in [0.1, 0.15) is 10.4 Å². The largest absolute Gasteiger partial charge is 0.368 e. The summed E-state index contributed by atoms with van der Waals surface area (Å²) >= 11 is 3.46. The van der Waals surface area contributed by atoms with Gasteiger partial charge in [-0.25, -0.2) is 4.84 Å². The SMILES string of the molecule is CO[NH2+]c1ccc(N2CCN(C(=O)c3ccccc3Br)CC2)cc1. The van der Waals surface area contributed by atoms with Crippen LogP contribution in [-0.4, -0.2) is 44.1 Å². The van der Waals surface area contributed by atoms with Gasteiger partial charge in [-0.05, 0) is 40.2 Å². The molecule has 0 spiro atoms. The fourth-order valence-electron chi connectivity index (χ4n) is 2.87. The van der Waals surface area contributed by atoms with Gasteiger partial charge in [0.1, 0.15) is 0 Å². The van der Waals surface area contributed by atoms with Gasteiger partial charge in [-0.2, -0.15) is 5.48 Å². The molecule has 2 N–H and O–H groups in total. The van der Waals surface area contributed by atoms with E-state index in [2.05, 4.69) is 33.0 Å². The van der Waals surface area contributed by atoms with Crippen LogP contribution in [-0.2, 0) is 4.84 Å². The third-order valence-electron chi connectivity index (χ3n) is 4.18. The predicted octanol–water partition coefficient (Wildman–Crippen LogP) is 2.17. The van der Waals surface area contributed by atoms with Crippen molar-refractivity contribution in [1.82, 2.24) is 4.90 Å². The zero-order valence-corrected chi connectivity index (χ0v) is 15.2. The molecule has 0 aromatic heterocycles. The summed E-state index contributed by atoms with van der Waals surface area (Å²) in [6.07, 6.45) is 0. The van der Waals surface area contributed by atoms with Crippen molar-refractivity contribution in [3.63, 3.8) is 0 Å². The fraction of sp³-hybridized carbons (Fsp3) is 0.278. The highest BCUT2D eigenvalue weighted by Crippen LogP contribution is 2.21. The second-order valence-corrected chi connectivity index (χ2v) is 6.56. The number of amides is 1. The van der Waals surface area contributed by atoms with E-state index in [0.717, 1.165) is 41.9 Å². The molecule has 24 heavy (non-hydrogen) atoms. The number of nitrogens with zero attached hydrogens (tertiary/aromatic N) is 2. The van der Waals surface area contributed by atoms with Crippen molar-refractivity contribution in [3.05, 3.63) is 58.6 Å². The van der Waals surface area contributed by atoms with Crippen molar-refractivity contribution in [2.45, 2.75) is 0 Å². The average Bonchev–Trinajstić information content (AvgIpc) is 2.63. The number of carbonyl (C=O) groups is 1. The van der Waals surface area contributed by atoms with Crippen molar-refractivity contribution < 1.29 is 15.1 Å². The molecule has 1 fully saturated rings. The molecule has 0 radical (unpaired) electrons. The summed E-state index contributed by atoms with van der Waals surface area (Å²) in [4.78, 5) is 21.9. The highest BCUT2D eigenvalue weighted by atomic mass is 79.9. The molecular weight excluding hydrogens is 370 g/mol. The fourth-order valence-corrected chi connectivity index (χ4v) is 3.33. The number of halogens is 1. The number of hydrogen-bond acceptors (Lipinski definition) is 3. The summed E-state index contributed by atoms with van der Waals surface area (Å²) in [6, 6.07) is 15.9. The van der Waals surface area contributed by atoms with Crippen molar-refractivity contribution in [2.24, 2.45) is 0 Å². The molecule has 0 aliphatic carbocycles. The van der Waals surface area contributed by atoms with Crippen molar-refractivity contribution in [1.29, 1.82) is 0 Å². The Morgan fingerprint density at radius 3 is 2.33 bits per heavy atom. The smallest absolute Gasteiger partial charge is 0.255 e. The maximum atomic E-state index is 12.6. The van der Waals surface area contributed by atoms with E-state index in [1.807, 2.05) is 41.3 Å². The maximum Gasteiger partial charge on any atom is 0.255 e. The molecule has 2 aromatic rings. The van der Waals surface area contributed by atoms with Crippen molar-refractivity contribution in [2.75, 3.05) is 38.2 Å². The number of piperazine rings is 1. The van der Waals surface area contributed by atoms with E-state index in [0.29, 0.717) is 0 Å². The Morgan fingerprint density at radius 2 is 1.71 bits per heavy atom. The molecule has 3 rings (SSSR count). The number of hydrogen-bond donors (Lipinski definition) is 1. The minimum Gasteiger partial charge on any atom is -0.368 e. The zero-order chi connectivity index (χ0) is 16.9. The lowest BCUT2D eigenvalue weighted by Crippen LogP contribution is -2.75. The first-order valence-corrected chi connectivity index (χ1v) is 8.73. The van der Waals surface area contributed by atoms with E-state index >= 15 is 0 Å². The lowest BCUT2D eigenvalue weighted by Gasteiger charge is -2.36. The normalized spacial score (nSPS) is 14.8. The molecule has 0 bridgehead atoms. The summed E-state index contributed by atoms with van der Waals surface area (Å²) < 4.78 is 0.849. The van der Waals surface area contributed by atoms with Crippen LogP contribution in [0.25, 0.3) is 0 Å². The second kappa shape index (κ2) is 7.79. The summed E-state index contributed by atoms with van der Waals surface area (Å²) in [5.41, 5.74) is 4.67. The van der Waals surface area contributed by atoms with E-state index in [4.69, 9.17) is 4.84 Å². The van der Waals surface area contributed by atoms with Gasteiger partial charge in [-0.3, -0.25) is 4.79 Å². The maximum absolute atomic E-state index is 12.6. The van der Waals surface area contributed by atoms with Crippen LogP contribution in [0, 0.1) is 0 Å². The van der Waals surface area contributed by atoms with E-state index in [9.17, 15) is 4.79 Å². The van der Waals surface area contributed by atoms with Gasteiger partial charge in [0.05, 0.1) is 12.7 Å². The van der Waals surface area contributed by atoms with Crippen molar-refractivity contribution >= 4 is 33.2 Å². The molecule has 1 heterocycles. The molecule has 0 atom stereocenters. The van der Waals surface area contributed by atoms with Crippen LogP contribution in [0.5, 0.6) is 0 Å². The Morgan fingerprint density at radius 1 is 1.04 bits per heavy atom. The Labute approximate surface area is 150 Å². The number of anilines is 1. The van der Waals surface area contributed by atoms with Crippen LogP contribution in [0.2, 0.25) is 0 Å². The van der Waals surface area contributed by atoms with Crippen LogP contribution < -0.4 is 10.4 Å². The van der Waals surface area contributed by atoms with E-state index in [-0.39, 0.29) is 5.91 Å². The average molecular weight is 391 g/mol. The topological polar surface area (TPSA) is 49.4 Å². The van der Waals surface area contributed by atoms with Gasteiger partial charge in [-0.15, -0.1) is 0 Å². The predicted molar refractivity (Wildman–Crippen MR) is 97.3 cm³/mol. The molecule has 1 saturated heterocycles. The third-order valence-corrected chi connectivity index (χ3v) is 4.87. The van der Waals surface area contributed by atoms with Gasteiger partial charge in [0.15, 0.2) is 5.69 Å². The monoisotopic (exact) mass is 390 g/mol. The first kappa shape index (κ1) is 17.0. The molecule has 6 heteroatoms. The number of carbonyl (C=O) groups excluding carboxylic acids is 1. The van der Waals surface area contributed by atoms with Gasteiger partial charge >= 0.3 is 0 Å². The number of benzene rings is 2. The van der Waals surface area contributed by atoms with Gasteiger partial charge in [0, 0.05) is 48.5 Å². The van der Waals surface area contributed by atoms with E-state index < -0.39 is 0 Å². The van der Waals surface area contributed by atoms with Gasteiger partial charge in [-0.1, -0.05) is 12.1 Å². The molecule has 0 unspecified atom stereocenters. The summed E-state index contributed by atoms with van der Waals surface area (Å²) in [6.45, 7) is 3.13. The summed E-state index contributed by atoms with van der Waals surface area (Å²) in [5, 5.41) is 0. The van der Waals surface area contributed by atoms with Crippen molar-refractivity contribution in [3.8, 4) is 0 Å². The lowest BCUT2D eigenvalue weighted by molar-refractivity contribution is -0.830.